The van der Waals surface area contributed by atoms with Crippen molar-refractivity contribution in [2.75, 3.05) is 19.6 Å². The molecule has 0 radical (unpaired) electrons. The van der Waals surface area contributed by atoms with Crippen molar-refractivity contribution in [1.82, 2.24) is 25.6 Å². The zero-order valence-electron chi connectivity index (χ0n) is 9.72. The predicted octanol–water partition coefficient (Wildman–Crippen LogP) is -0.296. The van der Waals surface area contributed by atoms with E-state index in [9.17, 15) is 4.79 Å². The van der Waals surface area contributed by atoms with Crippen molar-refractivity contribution in [3.63, 3.8) is 0 Å². The summed E-state index contributed by atoms with van der Waals surface area (Å²) in [5, 5.41) is 13.5. The molecule has 2 N–H and O–H groups in total. The average Bonchev–Trinajstić information content (AvgIpc) is 2.83. The van der Waals surface area contributed by atoms with Crippen LogP contribution in [0.1, 0.15) is 12.8 Å². The lowest BCUT2D eigenvalue weighted by atomic mass is 10.1. The van der Waals surface area contributed by atoms with Crippen LogP contribution >= 0.6 is 0 Å². The number of hydrogen-bond acceptors (Lipinski definition) is 4. The molecule has 0 spiro atoms. The van der Waals surface area contributed by atoms with Gasteiger partial charge in [-0.25, -0.2) is 4.68 Å². The predicted molar refractivity (Wildman–Crippen MR) is 63.2 cm³/mol. The van der Waals surface area contributed by atoms with Crippen LogP contribution in [0.25, 0.3) is 0 Å². The first-order chi connectivity index (χ1) is 8.34. The molecule has 0 aromatic carbocycles. The number of amides is 1. The first-order valence-corrected chi connectivity index (χ1v) is 5.84. The summed E-state index contributed by atoms with van der Waals surface area (Å²) in [6.07, 6.45) is 7.46. The molecule has 1 aliphatic heterocycles. The number of hydrogen-bond donors (Lipinski definition) is 2. The molecule has 0 saturated heterocycles. The monoisotopic (exact) mass is 235 g/mol. The van der Waals surface area contributed by atoms with Gasteiger partial charge >= 0.3 is 0 Å². The Kier molecular flexibility index (Phi) is 4.26. The second-order valence-electron chi connectivity index (χ2n) is 4.02. The highest BCUT2D eigenvalue weighted by Gasteiger charge is 2.05. The lowest BCUT2D eigenvalue weighted by molar-refractivity contribution is -0.121. The number of nitrogens with one attached hydrogen (secondary N) is 2. The van der Waals surface area contributed by atoms with Crippen molar-refractivity contribution < 1.29 is 4.79 Å². The molecule has 92 valence electrons. The molecule has 2 heterocycles. The maximum absolute atomic E-state index is 11.5. The minimum Gasteiger partial charge on any atom is -0.354 e. The molecule has 0 aliphatic carbocycles. The standard InChI is InChI=1S/C11H17N5O/c17-11(9-16-8-7-14-15-16)13-6-3-10-1-4-12-5-2-10/h1,7-8,12H,2-6,9H2,(H,13,17). The molecule has 1 aromatic heterocycles. The topological polar surface area (TPSA) is 71.8 Å². The Balaban J connectivity index is 1.64. The van der Waals surface area contributed by atoms with E-state index in [2.05, 4.69) is 27.0 Å². The van der Waals surface area contributed by atoms with Gasteiger partial charge in [-0.1, -0.05) is 16.9 Å². The number of aromatic nitrogens is 3. The Morgan fingerprint density at radius 2 is 2.53 bits per heavy atom. The third-order valence-corrected chi connectivity index (χ3v) is 2.70. The minimum atomic E-state index is -0.0231. The maximum atomic E-state index is 11.5. The highest BCUT2D eigenvalue weighted by molar-refractivity contribution is 5.75. The quantitative estimate of drug-likeness (QED) is 0.688. The molecule has 0 atom stereocenters. The summed E-state index contributed by atoms with van der Waals surface area (Å²) in [7, 11) is 0. The Morgan fingerprint density at radius 3 is 3.24 bits per heavy atom. The maximum Gasteiger partial charge on any atom is 0.241 e. The Morgan fingerprint density at radius 1 is 1.59 bits per heavy atom. The largest absolute Gasteiger partial charge is 0.354 e. The van der Waals surface area contributed by atoms with Gasteiger partial charge in [0.1, 0.15) is 6.54 Å². The minimum absolute atomic E-state index is 0.0231. The zero-order valence-corrected chi connectivity index (χ0v) is 9.72. The van der Waals surface area contributed by atoms with Crippen LogP contribution in [0.15, 0.2) is 24.0 Å². The van der Waals surface area contributed by atoms with Crippen LogP contribution < -0.4 is 10.6 Å². The van der Waals surface area contributed by atoms with Gasteiger partial charge in [-0.15, -0.1) is 5.10 Å². The molecule has 2 rings (SSSR count). The van der Waals surface area contributed by atoms with E-state index in [1.54, 1.807) is 12.4 Å². The fraction of sp³-hybridized carbons (Fsp3) is 0.545. The van der Waals surface area contributed by atoms with Crippen LogP contribution in [0.3, 0.4) is 0 Å². The Hall–Kier alpha value is -1.69. The molecule has 1 aliphatic rings. The molecule has 0 saturated carbocycles. The summed E-state index contributed by atoms with van der Waals surface area (Å²) in [4.78, 5) is 11.5. The van der Waals surface area contributed by atoms with Crippen LogP contribution in [0.4, 0.5) is 0 Å². The van der Waals surface area contributed by atoms with E-state index in [4.69, 9.17) is 0 Å². The molecule has 1 amide bonds. The molecular weight excluding hydrogens is 218 g/mol. The fourth-order valence-electron chi connectivity index (χ4n) is 1.78. The van der Waals surface area contributed by atoms with Crippen LogP contribution in [0.5, 0.6) is 0 Å². The van der Waals surface area contributed by atoms with E-state index in [-0.39, 0.29) is 12.5 Å². The second kappa shape index (κ2) is 6.15. The summed E-state index contributed by atoms with van der Waals surface area (Å²) >= 11 is 0. The lowest BCUT2D eigenvalue weighted by Gasteiger charge is -2.14. The highest BCUT2D eigenvalue weighted by Crippen LogP contribution is 2.07. The number of carbonyl (C=O) groups is 1. The number of nitrogens with zero attached hydrogens (tertiary/aromatic N) is 3. The summed E-state index contributed by atoms with van der Waals surface area (Å²) in [6, 6.07) is 0. The lowest BCUT2D eigenvalue weighted by Crippen LogP contribution is -2.29. The summed E-state index contributed by atoms with van der Waals surface area (Å²) in [5.74, 6) is -0.0231. The molecule has 0 unspecified atom stereocenters. The van der Waals surface area contributed by atoms with E-state index in [1.165, 1.54) is 10.3 Å². The number of rotatable bonds is 5. The zero-order chi connectivity index (χ0) is 11.9. The van der Waals surface area contributed by atoms with Gasteiger partial charge in [0.15, 0.2) is 0 Å². The van der Waals surface area contributed by atoms with Gasteiger partial charge in [0.05, 0.1) is 6.20 Å². The second-order valence-corrected chi connectivity index (χ2v) is 4.02. The van der Waals surface area contributed by atoms with Gasteiger partial charge in [0, 0.05) is 19.3 Å². The third-order valence-electron chi connectivity index (χ3n) is 2.70. The van der Waals surface area contributed by atoms with E-state index < -0.39 is 0 Å². The Bertz CT molecular complexity index is 385. The van der Waals surface area contributed by atoms with Crippen molar-refractivity contribution in [3.8, 4) is 0 Å². The van der Waals surface area contributed by atoms with Crippen molar-refractivity contribution in [2.45, 2.75) is 19.4 Å². The molecule has 0 fully saturated rings. The third kappa shape index (κ3) is 3.99. The summed E-state index contributed by atoms with van der Waals surface area (Å²) in [5.41, 5.74) is 1.42. The SMILES string of the molecule is O=C(Cn1ccnn1)NCCC1=CCNCC1. The van der Waals surface area contributed by atoms with E-state index in [1.807, 2.05) is 0 Å². The first-order valence-electron chi connectivity index (χ1n) is 5.84. The van der Waals surface area contributed by atoms with Crippen molar-refractivity contribution >= 4 is 5.91 Å². The van der Waals surface area contributed by atoms with Crippen molar-refractivity contribution in [2.24, 2.45) is 0 Å². The van der Waals surface area contributed by atoms with Gasteiger partial charge in [-0.2, -0.15) is 0 Å². The summed E-state index contributed by atoms with van der Waals surface area (Å²) in [6.45, 7) is 2.92. The molecule has 17 heavy (non-hydrogen) atoms. The van der Waals surface area contributed by atoms with Gasteiger partial charge in [-0.05, 0) is 19.4 Å². The normalized spacial score (nSPS) is 15.4. The molecule has 6 heteroatoms. The van der Waals surface area contributed by atoms with E-state index >= 15 is 0 Å². The van der Waals surface area contributed by atoms with Crippen LogP contribution in [0, 0.1) is 0 Å². The van der Waals surface area contributed by atoms with Gasteiger partial charge < -0.3 is 10.6 Å². The van der Waals surface area contributed by atoms with Gasteiger partial charge in [0.25, 0.3) is 0 Å². The van der Waals surface area contributed by atoms with Gasteiger partial charge in [-0.3, -0.25) is 4.79 Å². The molecule has 6 nitrogen and oxygen atoms in total. The molecule has 0 bridgehead atoms. The molecular formula is C11H17N5O. The van der Waals surface area contributed by atoms with Crippen molar-refractivity contribution in [3.05, 3.63) is 24.0 Å². The van der Waals surface area contributed by atoms with Crippen LogP contribution in [0.2, 0.25) is 0 Å². The van der Waals surface area contributed by atoms with Crippen molar-refractivity contribution in [1.29, 1.82) is 0 Å². The van der Waals surface area contributed by atoms with E-state index in [0.29, 0.717) is 6.54 Å². The fourth-order valence-corrected chi connectivity index (χ4v) is 1.78. The smallest absolute Gasteiger partial charge is 0.241 e. The van der Waals surface area contributed by atoms with E-state index in [0.717, 1.165) is 25.9 Å². The average molecular weight is 235 g/mol. The van der Waals surface area contributed by atoms with Gasteiger partial charge in [0.2, 0.25) is 5.91 Å². The highest BCUT2D eigenvalue weighted by atomic mass is 16.2. The number of carbonyl (C=O) groups excluding carboxylic acids is 1. The summed E-state index contributed by atoms with van der Waals surface area (Å²) < 4.78 is 1.51. The first kappa shape index (κ1) is 11.8. The van der Waals surface area contributed by atoms with Crippen LogP contribution in [-0.4, -0.2) is 40.5 Å². The molecule has 1 aromatic rings. The Labute approximate surface area is 100 Å². The van der Waals surface area contributed by atoms with Crippen LogP contribution in [-0.2, 0) is 11.3 Å².